The van der Waals surface area contributed by atoms with Gasteiger partial charge in [-0.3, -0.25) is 5.01 Å². The maximum atomic E-state index is 4.12. The van der Waals surface area contributed by atoms with Crippen LogP contribution in [0.1, 0.15) is 39.3 Å². The smallest absolute Gasteiger partial charge is 0.0697 e. The molecule has 0 amide bonds. The van der Waals surface area contributed by atoms with Gasteiger partial charge in [0.2, 0.25) is 0 Å². The van der Waals surface area contributed by atoms with Crippen LogP contribution in [0.4, 0.5) is 0 Å². The molecule has 0 saturated carbocycles. The highest BCUT2D eigenvalue weighted by atomic mass is 15.5. The van der Waals surface area contributed by atoms with Crippen LogP contribution in [0.2, 0.25) is 0 Å². The second kappa shape index (κ2) is 4.47. The Balaban J connectivity index is 2.92. The zero-order valence-corrected chi connectivity index (χ0v) is 10.1. The molecule has 0 aliphatic carbocycles. The lowest BCUT2D eigenvalue weighted by Crippen LogP contribution is -2.38. The lowest BCUT2D eigenvalue weighted by Gasteiger charge is -2.37. The van der Waals surface area contributed by atoms with Gasteiger partial charge in [0, 0.05) is 6.72 Å². The number of hydrazone groups is 1. The Hall–Kier alpha value is -1.31. The van der Waals surface area contributed by atoms with Crippen molar-refractivity contribution in [1.82, 2.24) is 5.01 Å². The highest BCUT2D eigenvalue weighted by molar-refractivity contribution is 5.24. The van der Waals surface area contributed by atoms with Crippen molar-refractivity contribution in [3.05, 3.63) is 35.9 Å². The van der Waals surface area contributed by atoms with Crippen molar-refractivity contribution in [1.29, 1.82) is 0 Å². The molecule has 0 spiro atoms. The summed E-state index contributed by atoms with van der Waals surface area (Å²) in [6.07, 6.45) is 0. The summed E-state index contributed by atoms with van der Waals surface area (Å²) in [6, 6.07) is 10.6. The highest BCUT2D eigenvalue weighted by Crippen LogP contribution is 2.27. The van der Waals surface area contributed by atoms with E-state index in [1.165, 1.54) is 5.56 Å². The summed E-state index contributed by atoms with van der Waals surface area (Å²) in [4.78, 5) is 0. The molecule has 1 atom stereocenters. The lowest BCUT2D eigenvalue weighted by molar-refractivity contribution is 0.0964. The predicted octanol–water partition coefficient (Wildman–Crippen LogP) is 3.46. The Morgan fingerprint density at radius 1 is 1.20 bits per heavy atom. The summed E-state index contributed by atoms with van der Waals surface area (Å²) in [6.45, 7) is 12.2. The van der Waals surface area contributed by atoms with Crippen LogP contribution in [-0.4, -0.2) is 17.3 Å². The summed E-state index contributed by atoms with van der Waals surface area (Å²) in [5, 5.41) is 6.15. The lowest BCUT2D eigenvalue weighted by atomic mass is 10.0. The normalized spacial score (nSPS) is 13.3. The molecule has 1 unspecified atom stereocenters. The third-order valence-corrected chi connectivity index (χ3v) is 2.49. The Morgan fingerprint density at radius 3 is 2.13 bits per heavy atom. The molecule has 0 bridgehead atoms. The van der Waals surface area contributed by atoms with Gasteiger partial charge in [-0.05, 0) is 33.3 Å². The molecule has 1 aromatic rings. The van der Waals surface area contributed by atoms with Crippen LogP contribution in [0.25, 0.3) is 0 Å². The predicted molar refractivity (Wildman–Crippen MR) is 66.0 cm³/mol. The fourth-order valence-electron chi connectivity index (χ4n) is 1.79. The zero-order valence-electron chi connectivity index (χ0n) is 10.1. The van der Waals surface area contributed by atoms with Crippen molar-refractivity contribution in [3.63, 3.8) is 0 Å². The van der Waals surface area contributed by atoms with Crippen LogP contribution in [-0.2, 0) is 0 Å². The number of benzene rings is 1. The van der Waals surface area contributed by atoms with E-state index in [0.717, 1.165) is 0 Å². The number of nitrogens with zero attached hydrogens (tertiary/aromatic N) is 2. The van der Waals surface area contributed by atoms with E-state index in [0.29, 0.717) is 0 Å². The molecule has 0 aromatic heterocycles. The van der Waals surface area contributed by atoms with E-state index < -0.39 is 0 Å². The molecule has 0 radical (unpaired) electrons. The van der Waals surface area contributed by atoms with E-state index in [9.17, 15) is 0 Å². The Kier molecular flexibility index (Phi) is 3.51. The second-order valence-corrected chi connectivity index (χ2v) is 4.74. The average Bonchev–Trinajstić information content (AvgIpc) is 2.18. The van der Waals surface area contributed by atoms with Crippen LogP contribution in [0.15, 0.2) is 35.4 Å². The largest absolute Gasteiger partial charge is 0.285 e. The molecule has 0 aliphatic heterocycles. The van der Waals surface area contributed by atoms with E-state index in [4.69, 9.17) is 0 Å². The summed E-state index contributed by atoms with van der Waals surface area (Å²) in [5.41, 5.74) is 1.26. The van der Waals surface area contributed by atoms with Crippen molar-refractivity contribution in [2.45, 2.75) is 39.3 Å². The molecule has 82 valence electrons. The minimum Gasteiger partial charge on any atom is -0.285 e. The van der Waals surface area contributed by atoms with Gasteiger partial charge in [-0.1, -0.05) is 30.3 Å². The highest BCUT2D eigenvalue weighted by Gasteiger charge is 2.24. The standard InChI is InChI=1S/C13H20N2/c1-11(12-9-7-6-8-10-12)15(14-5)13(2,3)4/h6-11H,5H2,1-4H3. The molecule has 2 heteroatoms. The first-order chi connectivity index (χ1) is 6.96. The Labute approximate surface area is 92.6 Å². The van der Waals surface area contributed by atoms with Gasteiger partial charge < -0.3 is 0 Å². The molecule has 15 heavy (non-hydrogen) atoms. The Bertz CT molecular complexity index is 311. The molecule has 1 aromatic carbocycles. The van der Waals surface area contributed by atoms with Gasteiger partial charge in [0.25, 0.3) is 0 Å². The topological polar surface area (TPSA) is 15.6 Å². The van der Waals surface area contributed by atoms with Crippen LogP contribution in [0, 0.1) is 0 Å². The molecule has 0 fully saturated rings. The van der Waals surface area contributed by atoms with Crippen molar-refractivity contribution in [2.24, 2.45) is 5.10 Å². The minimum atomic E-state index is -0.00297. The Morgan fingerprint density at radius 2 is 1.73 bits per heavy atom. The minimum absolute atomic E-state index is 0.00297. The number of rotatable bonds is 3. The van der Waals surface area contributed by atoms with Crippen molar-refractivity contribution in [3.8, 4) is 0 Å². The van der Waals surface area contributed by atoms with Gasteiger partial charge >= 0.3 is 0 Å². The molecule has 1 rings (SSSR count). The molecule has 0 aliphatic rings. The summed E-state index contributed by atoms with van der Waals surface area (Å²) < 4.78 is 0. The third-order valence-electron chi connectivity index (χ3n) is 2.49. The van der Waals surface area contributed by atoms with E-state index >= 15 is 0 Å². The average molecular weight is 204 g/mol. The molecule has 2 nitrogen and oxygen atoms in total. The SMILES string of the molecule is C=NN(C(C)c1ccccc1)C(C)(C)C. The first kappa shape index (κ1) is 11.8. The second-order valence-electron chi connectivity index (χ2n) is 4.74. The fraction of sp³-hybridized carbons (Fsp3) is 0.462. The fourth-order valence-corrected chi connectivity index (χ4v) is 1.79. The zero-order chi connectivity index (χ0) is 11.5. The monoisotopic (exact) mass is 204 g/mol. The third kappa shape index (κ3) is 2.82. The van der Waals surface area contributed by atoms with E-state index in [1.807, 2.05) is 11.1 Å². The van der Waals surface area contributed by atoms with Crippen LogP contribution >= 0.6 is 0 Å². The van der Waals surface area contributed by atoms with Gasteiger partial charge in [0.15, 0.2) is 0 Å². The number of hydrogen-bond acceptors (Lipinski definition) is 2. The van der Waals surface area contributed by atoms with Gasteiger partial charge in [-0.15, -0.1) is 0 Å². The van der Waals surface area contributed by atoms with Crippen LogP contribution in [0.5, 0.6) is 0 Å². The summed E-state index contributed by atoms with van der Waals surface area (Å²) in [7, 11) is 0. The van der Waals surface area contributed by atoms with Gasteiger partial charge in [-0.25, -0.2) is 0 Å². The maximum Gasteiger partial charge on any atom is 0.0697 e. The van der Waals surface area contributed by atoms with Crippen molar-refractivity contribution in [2.75, 3.05) is 0 Å². The molecule has 0 N–H and O–H groups in total. The summed E-state index contributed by atoms with van der Waals surface area (Å²) in [5.74, 6) is 0. The van der Waals surface area contributed by atoms with Crippen molar-refractivity contribution >= 4 is 6.72 Å². The molecule has 0 heterocycles. The van der Waals surface area contributed by atoms with Crippen molar-refractivity contribution < 1.29 is 0 Å². The summed E-state index contributed by atoms with van der Waals surface area (Å²) >= 11 is 0. The van der Waals surface area contributed by atoms with Crippen LogP contribution < -0.4 is 0 Å². The molecule has 0 saturated heterocycles. The number of hydrogen-bond donors (Lipinski definition) is 0. The van der Waals surface area contributed by atoms with E-state index in [2.05, 4.69) is 63.8 Å². The van der Waals surface area contributed by atoms with E-state index in [-0.39, 0.29) is 11.6 Å². The molecular weight excluding hydrogens is 184 g/mol. The quantitative estimate of drug-likeness (QED) is 0.544. The van der Waals surface area contributed by atoms with Gasteiger partial charge in [-0.2, -0.15) is 5.10 Å². The first-order valence-electron chi connectivity index (χ1n) is 5.27. The van der Waals surface area contributed by atoms with Gasteiger partial charge in [0.1, 0.15) is 0 Å². The first-order valence-corrected chi connectivity index (χ1v) is 5.27. The van der Waals surface area contributed by atoms with E-state index in [1.54, 1.807) is 0 Å². The molecular formula is C13H20N2. The van der Waals surface area contributed by atoms with Crippen LogP contribution in [0.3, 0.4) is 0 Å². The maximum absolute atomic E-state index is 4.12. The van der Waals surface area contributed by atoms with Gasteiger partial charge in [0.05, 0.1) is 11.6 Å².